The topological polar surface area (TPSA) is 58.6 Å². The summed E-state index contributed by atoms with van der Waals surface area (Å²) < 4.78 is 5.23. The van der Waals surface area contributed by atoms with E-state index in [1.807, 2.05) is 0 Å². The van der Waals surface area contributed by atoms with E-state index in [0.717, 1.165) is 44.9 Å². The van der Waals surface area contributed by atoms with E-state index >= 15 is 0 Å². The van der Waals surface area contributed by atoms with Gasteiger partial charge >= 0.3 is 0 Å². The highest BCUT2D eigenvalue weighted by molar-refractivity contribution is 5.84. The van der Waals surface area contributed by atoms with Gasteiger partial charge in [-0.05, 0) is 32.1 Å². The third-order valence-electron chi connectivity index (χ3n) is 5.01. The summed E-state index contributed by atoms with van der Waals surface area (Å²) in [4.78, 5) is 26.3. The number of carbonyl (C=O) groups is 2. The lowest BCUT2D eigenvalue weighted by Crippen LogP contribution is -2.52. The number of nitrogens with zero attached hydrogens (tertiary/aromatic N) is 1. The zero-order valence-electron chi connectivity index (χ0n) is 13.5. The van der Waals surface area contributed by atoms with Crippen molar-refractivity contribution in [3.63, 3.8) is 0 Å². The average molecular weight is 296 g/mol. The van der Waals surface area contributed by atoms with Crippen LogP contribution < -0.4 is 5.32 Å². The predicted molar refractivity (Wildman–Crippen MR) is 80.7 cm³/mol. The molecule has 2 atom stereocenters. The van der Waals surface area contributed by atoms with Crippen molar-refractivity contribution in [2.75, 3.05) is 27.8 Å². The smallest absolute Gasteiger partial charge is 0.228 e. The number of ether oxygens (including phenoxy) is 1. The van der Waals surface area contributed by atoms with Crippen LogP contribution in [0.25, 0.3) is 0 Å². The third-order valence-corrected chi connectivity index (χ3v) is 5.01. The number of rotatable bonds is 5. The molecule has 0 aromatic heterocycles. The van der Waals surface area contributed by atoms with E-state index in [9.17, 15) is 9.59 Å². The largest absolute Gasteiger partial charge is 0.384 e. The van der Waals surface area contributed by atoms with Crippen molar-refractivity contribution in [3.05, 3.63) is 0 Å². The Balaban J connectivity index is 1.90. The summed E-state index contributed by atoms with van der Waals surface area (Å²) in [6.45, 7) is 0.506. The van der Waals surface area contributed by atoms with Gasteiger partial charge in [0.15, 0.2) is 0 Å². The first-order chi connectivity index (χ1) is 9.98. The lowest BCUT2D eigenvalue weighted by molar-refractivity contribution is -0.142. The van der Waals surface area contributed by atoms with Gasteiger partial charge in [-0.1, -0.05) is 12.8 Å². The molecule has 0 saturated heterocycles. The summed E-state index contributed by atoms with van der Waals surface area (Å²) >= 11 is 0. The molecule has 2 rings (SSSR count). The van der Waals surface area contributed by atoms with Gasteiger partial charge in [-0.3, -0.25) is 9.59 Å². The van der Waals surface area contributed by atoms with Crippen LogP contribution in [0.2, 0.25) is 0 Å². The van der Waals surface area contributed by atoms with Crippen LogP contribution in [0, 0.1) is 11.3 Å². The number of hydrogen-bond donors (Lipinski definition) is 1. The quantitative estimate of drug-likeness (QED) is 0.837. The van der Waals surface area contributed by atoms with Crippen molar-refractivity contribution < 1.29 is 14.3 Å². The standard InChI is InChI=1S/C16H28N2O3/c1-18(2)14(19)12-6-4-7-13(10-12)17-15(20)16(11-21-3)8-5-9-16/h12-13H,4-11H2,1-3H3,(H,17,20)/t12-,13+/m0/s1. The van der Waals surface area contributed by atoms with E-state index in [1.54, 1.807) is 26.1 Å². The molecule has 0 spiro atoms. The van der Waals surface area contributed by atoms with Gasteiger partial charge in [0.05, 0.1) is 12.0 Å². The van der Waals surface area contributed by atoms with Crippen molar-refractivity contribution >= 4 is 11.8 Å². The monoisotopic (exact) mass is 296 g/mol. The average Bonchev–Trinajstić information content (AvgIpc) is 2.42. The Kier molecular flexibility index (Phi) is 5.25. The first kappa shape index (κ1) is 16.3. The second-order valence-electron chi connectivity index (χ2n) is 6.83. The van der Waals surface area contributed by atoms with E-state index in [-0.39, 0.29) is 29.2 Å². The molecular formula is C16H28N2O3. The molecule has 0 radical (unpaired) electrons. The normalized spacial score (nSPS) is 27.6. The van der Waals surface area contributed by atoms with Crippen LogP contribution >= 0.6 is 0 Å². The number of hydrogen-bond acceptors (Lipinski definition) is 3. The number of methoxy groups -OCH3 is 1. The van der Waals surface area contributed by atoms with E-state index < -0.39 is 0 Å². The van der Waals surface area contributed by atoms with Crippen LogP contribution in [0.1, 0.15) is 44.9 Å². The summed E-state index contributed by atoms with van der Waals surface area (Å²) in [5.74, 6) is 0.363. The molecule has 0 bridgehead atoms. The second kappa shape index (κ2) is 6.77. The minimum atomic E-state index is -0.312. The van der Waals surface area contributed by atoms with Crippen LogP contribution in [-0.2, 0) is 14.3 Å². The molecule has 0 aliphatic heterocycles. The van der Waals surface area contributed by atoms with E-state index in [0.29, 0.717) is 6.61 Å². The molecule has 2 amide bonds. The molecule has 5 nitrogen and oxygen atoms in total. The van der Waals surface area contributed by atoms with E-state index in [2.05, 4.69) is 5.32 Å². The van der Waals surface area contributed by atoms with Crippen LogP contribution in [-0.4, -0.2) is 50.6 Å². The molecule has 2 aliphatic carbocycles. The zero-order valence-corrected chi connectivity index (χ0v) is 13.5. The number of amides is 2. The fourth-order valence-electron chi connectivity index (χ4n) is 3.57. The van der Waals surface area contributed by atoms with Crippen LogP contribution in [0.5, 0.6) is 0 Å². The highest BCUT2D eigenvalue weighted by Gasteiger charge is 2.45. The molecular weight excluding hydrogens is 268 g/mol. The van der Waals surface area contributed by atoms with Gasteiger partial charge in [0.1, 0.15) is 0 Å². The molecule has 21 heavy (non-hydrogen) atoms. The molecule has 0 aromatic carbocycles. The Labute approximate surface area is 127 Å². The van der Waals surface area contributed by atoms with Crippen LogP contribution in [0.3, 0.4) is 0 Å². The maximum Gasteiger partial charge on any atom is 0.228 e. The van der Waals surface area contributed by atoms with E-state index in [4.69, 9.17) is 4.74 Å². The van der Waals surface area contributed by atoms with Gasteiger partial charge in [-0.15, -0.1) is 0 Å². The van der Waals surface area contributed by atoms with Crippen molar-refractivity contribution in [1.29, 1.82) is 0 Å². The first-order valence-corrected chi connectivity index (χ1v) is 7.99. The molecule has 0 heterocycles. The van der Waals surface area contributed by atoms with Gasteiger partial charge in [0.25, 0.3) is 0 Å². The summed E-state index contributed by atoms with van der Waals surface area (Å²) in [5.41, 5.74) is -0.312. The van der Waals surface area contributed by atoms with Gasteiger partial charge in [0, 0.05) is 33.2 Å². The first-order valence-electron chi connectivity index (χ1n) is 7.99. The third kappa shape index (κ3) is 3.57. The van der Waals surface area contributed by atoms with Crippen molar-refractivity contribution in [3.8, 4) is 0 Å². The Hall–Kier alpha value is -1.10. The molecule has 0 unspecified atom stereocenters. The summed E-state index contributed by atoms with van der Waals surface area (Å²) in [6.07, 6.45) is 6.62. The predicted octanol–water partition coefficient (Wildman–Crippen LogP) is 1.57. The lowest BCUT2D eigenvalue weighted by atomic mass is 9.68. The molecule has 1 N–H and O–H groups in total. The summed E-state index contributed by atoms with van der Waals surface area (Å²) in [5, 5.41) is 3.18. The molecule has 120 valence electrons. The van der Waals surface area contributed by atoms with Gasteiger partial charge in [-0.25, -0.2) is 0 Å². The van der Waals surface area contributed by atoms with Crippen LogP contribution in [0.15, 0.2) is 0 Å². The number of nitrogens with one attached hydrogen (secondary N) is 1. The van der Waals surface area contributed by atoms with Gasteiger partial charge in [0.2, 0.25) is 11.8 Å². The Bertz CT molecular complexity index is 391. The highest BCUT2D eigenvalue weighted by atomic mass is 16.5. The molecule has 2 aliphatic rings. The molecule has 2 fully saturated rings. The zero-order chi connectivity index (χ0) is 15.5. The lowest BCUT2D eigenvalue weighted by Gasteiger charge is -2.41. The Morgan fingerprint density at radius 1 is 1.24 bits per heavy atom. The maximum absolute atomic E-state index is 12.5. The fraction of sp³-hybridized carbons (Fsp3) is 0.875. The Morgan fingerprint density at radius 2 is 1.95 bits per heavy atom. The molecule has 0 aromatic rings. The second-order valence-corrected chi connectivity index (χ2v) is 6.83. The SMILES string of the molecule is COCC1(C(=O)N[C@@H]2CCC[C@H](C(=O)N(C)C)C2)CCC1. The minimum absolute atomic E-state index is 0.0545. The molecule has 2 saturated carbocycles. The van der Waals surface area contributed by atoms with Crippen molar-refractivity contribution in [1.82, 2.24) is 10.2 Å². The minimum Gasteiger partial charge on any atom is -0.384 e. The summed E-state index contributed by atoms with van der Waals surface area (Å²) in [6, 6.07) is 0.134. The van der Waals surface area contributed by atoms with E-state index in [1.165, 1.54) is 0 Å². The summed E-state index contributed by atoms with van der Waals surface area (Å²) in [7, 11) is 5.25. The van der Waals surface area contributed by atoms with Crippen molar-refractivity contribution in [2.45, 2.75) is 51.0 Å². The highest BCUT2D eigenvalue weighted by Crippen LogP contribution is 2.41. The Morgan fingerprint density at radius 3 is 2.48 bits per heavy atom. The van der Waals surface area contributed by atoms with Gasteiger partial charge in [-0.2, -0.15) is 0 Å². The van der Waals surface area contributed by atoms with Crippen LogP contribution in [0.4, 0.5) is 0 Å². The number of carbonyl (C=O) groups excluding carboxylic acids is 2. The fourth-order valence-corrected chi connectivity index (χ4v) is 3.57. The van der Waals surface area contributed by atoms with Crippen molar-refractivity contribution in [2.24, 2.45) is 11.3 Å². The molecule has 5 heteroatoms. The maximum atomic E-state index is 12.5. The van der Waals surface area contributed by atoms with Gasteiger partial charge < -0.3 is 15.0 Å².